The molecule has 20 heavy (non-hydrogen) atoms. The first-order valence-electron chi connectivity index (χ1n) is 6.32. The molecular formula is C14H16N4OS. The van der Waals surface area contributed by atoms with E-state index in [1.165, 1.54) is 0 Å². The van der Waals surface area contributed by atoms with Crippen molar-refractivity contribution in [3.05, 3.63) is 53.3 Å². The molecule has 0 aliphatic rings. The highest BCUT2D eigenvalue weighted by Crippen LogP contribution is 2.27. The number of benzene rings is 1. The van der Waals surface area contributed by atoms with Crippen molar-refractivity contribution in [2.45, 2.75) is 12.5 Å². The van der Waals surface area contributed by atoms with Crippen molar-refractivity contribution >= 4 is 16.3 Å². The third-order valence-electron chi connectivity index (χ3n) is 3.27. The van der Waals surface area contributed by atoms with Crippen molar-refractivity contribution in [1.29, 1.82) is 0 Å². The van der Waals surface area contributed by atoms with Gasteiger partial charge in [0.05, 0.1) is 18.8 Å². The Bertz CT molecular complexity index is 677. The van der Waals surface area contributed by atoms with Crippen LogP contribution in [-0.4, -0.2) is 16.5 Å². The molecule has 0 saturated heterocycles. The van der Waals surface area contributed by atoms with Crippen molar-refractivity contribution in [2.75, 3.05) is 7.11 Å². The van der Waals surface area contributed by atoms with E-state index >= 15 is 0 Å². The summed E-state index contributed by atoms with van der Waals surface area (Å²) in [5.41, 5.74) is 4.89. The number of fused-ring (bicyclic) bond motifs is 1. The van der Waals surface area contributed by atoms with Gasteiger partial charge in [0.25, 0.3) is 0 Å². The Morgan fingerprint density at radius 3 is 3.05 bits per heavy atom. The molecule has 6 heteroatoms. The Labute approximate surface area is 121 Å². The molecule has 1 aromatic carbocycles. The molecule has 2 heterocycles. The summed E-state index contributed by atoms with van der Waals surface area (Å²) in [6.07, 6.45) is 4.75. The minimum Gasteiger partial charge on any atom is -0.496 e. The summed E-state index contributed by atoms with van der Waals surface area (Å²) in [6.45, 7) is 0. The van der Waals surface area contributed by atoms with Crippen LogP contribution in [-0.2, 0) is 6.42 Å². The summed E-state index contributed by atoms with van der Waals surface area (Å²) >= 11 is 1.62. The zero-order chi connectivity index (χ0) is 13.9. The molecule has 0 saturated carbocycles. The fraction of sp³-hybridized carbons (Fsp3) is 0.214. The predicted molar refractivity (Wildman–Crippen MR) is 79.8 cm³/mol. The predicted octanol–water partition coefficient (Wildman–Crippen LogP) is 2.15. The molecular weight excluding hydrogens is 272 g/mol. The van der Waals surface area contributed by atoms with Crippen LogP contribution in [0.25, 0.3) is 4.96 Å². The Kier molecular flexibility index (Phi) is 3.68. The van der Waals surface area contributed by atoms with Gasteiger partial charge in [0.1, 0.15) is 5.75 Å². The minimum atomic E-state index is -0.0317. The zero-order valence-corrected chi connectivity index (χ0v) is 11.9. The molecule has 0 radical (unpaired) electrons. The molecule has 1 atom stereocenters. The van der Waals surface area contributed by atoms with Crippen LogP contribution in [0.3, 0.4) is 0 Å². The number of hydrazine groups is 1. The van der Waals surface area contributed by atoms with Crippen LogP contribution >= 0.6 is 11.3 Å². The highest BCUT2D eigenvalue weighted by molar-refractivity contribution is 7.15. The van der Waals surface area contributed by atoms with E-state index in [0.717, 1.165) is 22.0 Å². The number of hydrogen-bond donors (Lipinski definition) is 2. The maximum atomic E-state index is 5.71. The summed E-state index contributed by atoms with van der Waals surface area (Å²) in [4.78, 5) is 5.58. The lowest BCUT2D eigenvalue weighted by atomic mass is 10.0. The molecule has 0 aliphatic carbocycles. The first kappa shape index (κ1) is 13.1. The Balaban J connectivity index is 1.88. The zero-order valence-electron chi connectivity index (χ0n) is 11.1. The molecule has 104 valence electrons. The van der Waals surface area contributed by atoms with Crippen molar-refractivity contribution in [1.82, 2.24) is 14.8 Å². The number of nitrogens with one attached hydrogen (secondary N) is 1. The van der Waals surface area contributed by atoms with Gasteiger partial charge in [-0.3, -0.25) is 15.7 Å². The number of thiazole rings is 1. The van der Waals surface area contributed by atoms with Gasteiger partial charge in [-0.15, -0.1) is 11.3 Å². The normalized spacial score (nSPS) is 12.7. The summed E-state index contributed by atoms with van der Waals surface area (Å²) < 4.78 is 7.41. The molecule has 0 fully saturated rings. The molecule has 3 aromatic rings. The molecule has 0 spiro atoms. The quantitative estimate of drug-likeness (QED) is 0.558. The Morgan fingerprint density at radius 1 is 1.45 bits per heavy atom. The third kappa shape index (κ3) is 2.40. The van der Waals surface area contributed by atoms with Crippen LogP contribution in [0.1, 0.15) is 17.3 Å². The number of rotatable bonds is 5. The van der Waals surface area contributed by atoms with Crippen LogP contribution in [0, 0.1) is 0 Å². The summed E-state index contributed by atoms with van der Waals surface area (Å²) in [6, 6.07) is 7.85. The number of aromatic nitrogens is 2. The lowest BCUT2D eigenvalue weighted by molar-refractivity contribution is 0.398. The minimum absolute atomic E-state index is 0.0317. The topological polar surface area (TPSA) is 64.6 Å². The van der Waals surface area contributed by atoms with E-state index in [4.69, 9.17) is 10.6 Å². The van der Waals surface area contributed by atoms with Crippen molar-refractivity contribution in [3.8, 4) is 5.75 Å². The average molecular weight is 288 g/mol. The number of hydrogen-bond acceptors (Lipinski definition) is 5. The number of ether oxygens (including phenoxy) is 1. The number of nitrogens with two attached hydrogens (primary N) is 1. The van der Waals surface area contributed by atoms with E-state index in [0.29, 0.717) is 6.42 Å². The Morgan fingerprint density at radius 2 is 2.30 bits per heavy atom. The van der Waals surface area contributed by atoms with E-state index in [-0.39, 0.29) is 6.04 Å². The number of imidazole rings is 1. The van der Waals surface area contributed by atoms with Gasteiger partial charge in [0.15, 0.2) is 4.96 Å². The average Bonchev–Trinajstić information content (AvgIpc) is 3.05. The van der Waals surface area contributed by atoms with Gasteiger partial charge in [0, 0.05) is 29.8 Å². The highest BCUT2D eigenvalue weighted by Gasteiger charge is 2.16. The van der Waals surface area contributed by atoms with E-state index < -0.39 is 0 Å². The smallest absolute Gasteiger partial charge is 0.193 e. The van der Waals surface area contributed by atoms with Gasteiger partial charge in [-0.2, -0.15) is 0 Å². The van der Waals surface area contributed by atoms with E-state index in [2.05, 4.69) is 10.4 Å². The summed E-state index contributed by atoms with van der Waals surface area (Å²) in [5.74, 6) is 6.54. The first-order chi connectivity index (χ1) is 9.81. The van der Waals surface area contributed by atoms with Gasteiger partial charge in [0.2, 0.25) is 0 Å². The number of nitrogens with zero attached hydrogens (tertiary/aromatic N) is 2. The largest absolute Gasteiger partial charge is 0.496 e. The monoisotopic (exact) mass is 288 g/mol. The van der Waals surface area contributed by atoms with E-state index in [1.807, 2.05) is 46.4 Å². The highest BCUT2D eigenvalue weighted by atomic mass is 32.1. The first-order valence-corrected chi connectivity index (χ1v) is 7.20. The van der Waals surface area contributed by atoms with Crippen LogP contribution in [0.5, 0.6) is 5.75 Å². The number of para-hydroxylation sites is 1. The maximum Gasteiger partial charge on any atom is 0.193 e. The molecule has 1 unspecified atom stereocenters. The molecule has 3 rings (SSSR count). The SMILES string of the molecule is COc1ccccc1C(Cc1cn2ccsc2n1)NN. The summed E-state index contributed by atoms with van der Waals surface area (Å²) in [7, 11) is 1.67. The van der Waals surface area contributed by atoms with Gasteiger partial charge < -0.3 is 4.74 Å². The van der Waals surface area contributed by atoms with Crippen LogP contribution in [0.4, 0.5) is 0 Å². The second-order valence-electron chi connectivity index (χ2n) is 4.49. The van der Waals surface area contributed by atoms with Crippen molar-refractivity contribution in [3.63, 3.8) is 0 Å². The van der Waals surface area contributed by atoms with E-state index in [9.17, 15) is 0 Å². The second kappa shape index (κ2) is 5.62. The van der Waals surface area contributed by atoms with Crippen LogP contribution in [0.2, 0.25) is 0 Å². The summed E-state index contributed by atoms with van der Waals surface area (Å²) in [5, 5.41) is 2.02. The van der Waals surface area contributed by atoms with Crippen LogP contribution in [0.15, 0.2) is 42.0 Å². The molecule has 0 bridgehead atoms. The van der Waals surface area contributed by atoms with Gasteiger partial charge in [-0.25, -0.2) is 4.98 Å². The molecule has 0 aliphatic heterocycles. The van der Waals surface area contributed by atoms with Gasteiger partial charge in [-0.05, 0) is 6.07 Å². The maximum absolute atomic E-state index is 5.71. The number of methoxy groups -OCH3 is 1. The lowest BCUT2D eigenvalue weighted by Gasteiger charge is -2.18. The van der Waals surface area contributed by atoms with E-state index in [1.54, 1.807) is 18.4 Å². The Hall–Kier alpha value is -1.89. The molecule has 5 nitrogen and oxygen atoms in total. The lowest BCUT2D eigenvalue weighted by Crippen LogP contribution is -2.30. The second-order valence-corrected chi connectivity index (χ2v) is 5.36. The van der Waals surface area contributed by atoms with Crippen molar-refractivity contribution in [2.24, 2.45) is 5.84 Å². The fourth-order valence-corrected chi connectivity index (χ4v) is 3.02. The van der Waals surface area contributed by atoms with Gasteiger partial charge in [-0.1, -0.05) is 18.2 Å². The standard InChI is InChI=1S/C14H16N4OS/c1-19-13-5-3-2-4-11(13)12(17-15)8-10-9-18-6-7-20-14(18)16-10/h2-7,9,12,17H,8,15H2,1H3. The third-order valence-corrected chi connectivity index (χ3v) is 4.04. The molecule has 0 amide bonds. The molecule has 2 aromatic heterocycles. The van der Waals surface area contributed by atoms with Gasteiger partial charge >= 0.3 is 0 Å². The fourth-order valence-electron chi connectivity index (χ4n) is 2.30. The van der Waals surface area contributed by atoms with Crippen molar-refractivity contribution < 1.29 is 4.74 Å². The molecule has 3 N–H and O–H groups in total. The van der Waals surface area contributed by atoms with Crippen LogP contribution < -0.4 is 16.0 Å².